The van der Waals surface area contributed by atoms with E-state index in [2.05, 4.69) is 15.3 Å². The molecule has 26 heavy (non-hydrogen) atoms. The van der Waals surface area contributed by atoms with E-state index in [1.54, 1.807) is 30.6 Å². The van der Waals surface area contributed by atoms with Gasteiger partial charge in [-0.05, 0) is 31.2 Å². The van der Waals surface area contributed by atoms with Gasteiger partial charge in [-0.25, -0.2) is 9.97 Å². The zero-order valence-electron chi connectivity index (χ0n) is 14.3. The second kappa shape index (κ2) is 9.00. The van der Waals surface area contributed by atoms with Gasteiger partial charge in [-0.15, -0.1) is 11.3 Å². The first-order valence-electron chi connectivity index (χ1n) is 8.26. The van der Waals surface area contributed by atoms with Gasteiger partial charge in [0.25, 0.3) is 5.91 Å². The van der Waals surface area contributed by atoms with E-state index < -0.39 is 0 Å². The summed E-state index contributed by atoms with van der Waals surface area (Å²) in [5.41, 5.74) is 0.931. The van der Waals surface area contributed by atoms with Crippen LogP contribution >= 0.6 is 23.1 Å². The quantitative estimate of drug-likeness (QED) is 0.723. The first kappa shape index (κ1) is 18.7. The van der Waals surface area contributed by atoms with Crippen molar-refractivity contribution in [3.05, 3.63) is 35.0 Å². The summed E-state index contributed by atoms with van der Waals surface area (Å²) < 4.78 is 10.8. The fourth-order valence-corrected chi connectivity index (χ4v) is 4.19. The van der Waals surface area contributed by atoms with Crippen LogP contribution in [0.5, 0.6) is 5.88 Å². The predicted molar refractivity (Wildman–Crippen MR) is 101 cm³/mol. The third-order valence-electron chi connectivity index (χ3n) is 3.58. The molecule has 0 aliphatic carbocycles. The largest absolute Gasteiger partial charge is 0.473 e. The highest BCUT2D eigenvalue weighted by atomic mass is 32.2. The Balaban J connectivity index is 1.65. The molecule has 1 aliphatic rings. The van der Waals surface area contributed by atoms with E-state index >= 15 is 0 Å². The fraction of sp³-hybridized carbons (Fsp3) is 0.412. The third-order valence-corrected chi connectivity index (χ3v) is 5.52. The van der Waals surface area contributed by atoms with Gasteiger partial charge in [0.2, 0.25) is 5.88 Å². The van der Waals surface area contributed by atoms with Crippen molar-refractivity contribution in [1.82, 2.24) is 9.97 Å². The van der Waals surface area contributed by atoms with E-state index in [4.69, 9.17) is 9.47 Å². The minimum atomic E-state index is -0.340. The third kappa shape index (κ3) is 4.95. The average molecular weight is 393 g/mol. The zero-order valence-corrected chi connectivity index (χ0v) is 15.9. The first-order chi connectivity index (χ1) is 12.7. The summed E-state index contributed by atoms with van der Waals surface area (Å²) in [6.07, 6.45) is 2.72. The minimum absolute atomic E-state index is 0.0810. The topological polar surface area (TPSA) is 90.4 Å². The number of thioether (sulfide) groups is 1. The molecule has 0 unspecified atom stereocenters. The lowest BCUT2D eigenvalue weighted by atomic mass is 10.2. The molecule has 1 fully saturated rings. The second-order valence-electron chi connectivity index (χ2n) is 5.54. The van der Waals surface area contributed by atoms with Crippen LogP contribution in [0.4, 0.5) is 5.13 Å². The maximum absolute atomic E-state index is 12.6. The van der Waals surface area contributed by atoms with Gasteiger partial charge in [-0.1, -0.05) is 0 Å². The molecule has 0 aromatic carbocycles. The summed E-state index contributed by atoms with van der Waals surface area (Å²) in [6, 6.07) is 3.37. The number of thiazole rings is 1. The number of pyridine rings is 1. The number of anilines is 1. The number of aromatic nitrogens is 2. The van der Waals surface area contributed by atoms with Gasteiger partial charge in [-0.3, -0.25) is 14.9 Å². The molecule has 0 spiro atoms. The van der Waals surface area contributed by atoms with Gasteiger partial charge in [0, 0.05) is 17.3 Å². The highest BCUT2D eigenvalue weighted by Gasteiger charge is 2.22. The van der Waals surface area contributed by atoms with E-state index in [9.17, 15) is 9.59 Å². The maximum Gasteiger partial charge on any atom is 0.311 e. The van der Waals surface area contributed by atoms with E-state index in [1.165, 1.54) is 11.3 Å². The fourth-order valence-electron chi connectivity index (χ4n) is 2.39. The van der Waals surface area contributed by atoms with Crippen molar-refractivity contribution in [2.45, 2.75) is 25.9 Å². The average Bonchev–Trinajstić information content (AvgIpc) is 3.28. The summed E-state index contributed by atoms with van der Waals surface area (Å²) in [5.74, 6) is 1.62. The van der Waals surface area contributed by atoms with Crippen molar-refractivity contribution in [3.63, 3.8) is 0 Å². The van der Waals surface area contributed by atoms with Gasteiger partial charge < -0.3 is 9.47 Å². The van der Waals surface area contributed by atoms with Gasteiger partial charge in [-0.2, -0.15) is 11.8 Å². The van der Waals surface area contributed by atoms with Crippen LogP contribution in [0.2, 0.25) is 0 Å². The molecule has 1 atom stereocenters. The van der Waals surface area contributed by atoms with Crippen LogP contribution in [0.1, 0.15) is 29.4 Å². The molecule has 1 N–H and O–H groups in total. The molecule has 1 amide bonds. The molecular weight excluding hydrogens is 374 g/mol. The first-order valence-corrected chi connectivity index (χ1v) is 10.3. The van der Waals surface area contributed by atoms with Crippen molar-refractivity contribution in [3.8, 4) is 5.88 Å². The predicted octanol–water partition coefficient (Wildman–Crippen LogP) is 2.78. The molecule has 1 saturated heterocycles. The minimum Gasteiger partial charge on any atom is -0.473 e. The molecule has 2 aromatic heterocycles. The normalized spacial score (nSPS) is 16.3. The maximum atomic E-state index is 12.6. The Labute approximate surface area is 159 Å². The van der Waals surface area contributed by atoms with Crippen LogP contribution in [-0.2, 0) is 16.0 Å². The lowest BCUT2D eigenvalue weighted by Crippen LogP contribution is -2.20. The van der Waals surface area contributed by atoms with Crippen LogP contribution in [0.25, 0.3) is 0 Å². The summed E-state index contributed by atoms with van der Waals surface area (Å²) in [5, 5.41) is 4.88. The molecule has 3 rings (SSSR count). The number of ether oxygens (including phenoxy) is 2. The molecule has 0 bridgehead atoms. The number of hydrogen-bond acceptors (Lipinski definition) is 8. The standard InChI is InChI=1S/C17H19N3O4S2/c1-2-23-14(21)8-11-9-26-17(19-11)20-15(22)13-4-3-6-18-16(13)24-12-5-7-25-10-12/h3-4,6,9,12H,2,5,7-8,10H2,1H3,(H,19,20,22)/t12-/m0/s1. The molecule has 7 nitrogen and oxygen atoms in total. The Morgan fingerprint density at radius 1 is 1.42 bits per heavy atom. The summed E-state index contributed by atoms with van der Waals surface area (Å²) in [7, 11) is 0. The number of esters is 1. The second-order valence-corrected chi connectivity index (χ2v) is 7.55. The van der Waals surface area contributed by atoms with E-state index in [0.29, 0.717) is 28.9 Å². The van der Waals surface area contributed by atoms with Crippen LogP contribution in [0.15, 0.2) is 23.7 Å². The highest BCUT2D eigenvalue weighted by molar-refractivity contribution is 7.99. The SMILES string of the molecule is CCOC(=O)Cc1csc(NC(=O)c2cccnc2O[C@H]2CCSC2)n1. The van der Waals surface area contributed by atoms with Crippen molar-refractivity contribution in [2.24, 2.45) is 0 Å². The van der Waals surface area contributed by atoms with Crippen molar-refractivity contribution < 1.29 is 19.1 Å². The Hall–Kier alpha value is -2.13. The monoisotopic (exact) mass is 393 g/mol. The smallest absolute Gasteiger partial charge is 0.311 e. The lowest BCUT2D eigenvalue weighted by Gasteiger charge is -2.14. The molecule has 0 radical (unpaired) electrons. The molecule has 0 saturated carbocycles. The van der Waals surface area contributed by atoms with Gasteiger partial charge in [0.1, 0.15) is 11.7 Å². The summed E-state index contributed by atoms with van der Waals surface area (Å²) >= 11 is 3.09. The van der Waals surface area contributed by atoms with Crippen LogP contribution in [0.3, 0.4) is 0 Å². The van der Waals surface area contributed by atoms with Gasteiger partial charge in [0.05, 0.1) is 18.7 Å². The van der Waals surface area contributed by atoms with Crippen molar-refractivity contribution in [1.29, 1.82) is 0 Å². The molecule has 3 heterocycles. The Kier molecular flexibility index (Phi) is 6.45. The van der Waals surface area contributed by atoms with Crippen LogP contribution in [-0.4, -0.2) is 46.1 Å². The number of carbonyl (C=O) groups excluding carboxylic acids is 2. The summed E-state index contributed by atoms with van der Waals surface area (Å²) in [4.78, 5) is 32.5. The van der Waals surface area contributed by atoms with Crippen molar-refractivity contribution in [2.75, 3.05) is 23.4 Å². The Morgan fingerprint density at radius 3 is 3.08 bits per heavy atom. The van der Waals surface area contributed by atoms with Crippen LogP contribution in [0, 0.1) is 0 Å². The zero-order chi connectivity index (χ0) is 18.4. The van der Waals surface area contributed by atoms with Gasteiger partial charge in [0.15, 0.2) is 5.13 Å². The summed E-state index contributed by atoms with van der Waals surface area (Å²) in [6.45, 7) is 2.08. The van der Waals surface area contributed by atoms with E-state index in [0.717, 1.165) is 17.9 Å². The van der Waals surface area contributed by atoms with E-state index in [-0.39, 0.29) is 24.4 Å². The molecular formula is C17H19N3O4S2. The number of hydrogen-bond donors (Lipinski definition) is 1. The van der Waals surface area contributed by atoms with E-state index in [1.807, 2.05) is 11.8 Å². The molecule has 138 valence electrons. The van der Waals surface area contributed by atoms with Crippen molar-refractivity contribution >= 4 is 40.1 Å². The van der Waals surface area contributed by atoms with Gasteiger partial charge >= 0.3 is 5.97 Å². The number of nitrogens with zero attached hydrogens (tertiary/aromatic N) is 2. The molecule has 9 heteroatoms. The van der Waals surface area contributed by atoms with Crippen LogP contribution < -0.4 is 10.1 Å². The number of amides is 1. The molecule has 2 aromatic rings. The number of rotatable bonds is 7. The Morgan fingerprint density at radius 2 is 2.31 bits per heavy atom. The lowest BCUT2D eigenvalue weighted by molar-refractivity contribution is -0.142. The number of carbonyl (C=O) groups is 2. The Bertz CT molecular complexity index is 775. The number of nitrogens with one attached hydrogen (secondary N) is 1. The highest BCUT2D eigenvalue weighted by Crippen LogP contribution is 2.25. The molecule has 1 aliphatic heterocycles.